The van der Waals surface area contributed by atoms with Crippen molar-refractivity contribution < 1.29 is 29.6 Å². The zero-order valence-corrected chi connectivity index (χ0v) is 51.9. The summed E-state index contributed by atoms with van der Waals surface area (Å²) in [6, 6.07) is 53.0. The molecular weight excluding hydrogens is 1190 g/mol. The van der Waals surface area contributed by atoms with Crippen molar-refractivity contribution in [3.05, 3.63) is 216 Å². The van der Waals surface area contributed by atoms with Crippen molar-refractivity contribution >= 4 is 90.9 Å². The lowest BCUT2D eigenvalue weighted by Crippen LogP contribution is -2.46. The molecule has 0 amide bonds. The molecule has 0 radical (unpaired) electrons. The third-order valence-corrected chi connectivity index (χ3v) is 22.0. The van der Waals surface area contributed by atoms with Crippen LogP contribution in [0.2, 0.25) is 5.02 Å². The Hall–Kier alpha value is -8.31. The molecule has 3 aliphatic rings. The van der Waals surface area contributed by atoms with E-state index in [2.05, 4.69) is 60.8 Å². The van der Waals surface area contributed by atoms with Crippen LogP contribution in [0.1, 0.15) is 56.6 Å². The monoisotopic (exact) mass is 1250 g/mol. The number of fused-ring (bicyclic) bond motifs is 3. The number of sulfone groups is 3. The van der Waals surface area contributed by atoms with Gasteiger partial charge in [-0.2, -0.15) is 5.26 Å². The fourth-order valence-electron chi connectivity index (χ4n) is 11.7. The Morgan fingerprint density at radius 3 is 1.49 bits per heavy atom. The van der Waals surface area contributed by atoms with Gasteiger partial charge in [-0.1, -0.05) is 122 Å². The van der Waals surface area contributed by atoms with Gasteiger partial charge in [-0.05, 0) is 122 Å². The SMILES string of the molecule is CC1CCN(c2c(S(=O)(=O)c3cccc(C#N)c3)cnc3ccc(F)cc23)CC1.O=S(=O)(c1ccc(Cl)cc1)c1cnc2ccccc2c1N1CCN(Cc2ccccc2)CC1.O=S(=O)(c1ccccc1)c1cnc2ccccc2c1N1CCCCCC1. The first-order chi connectivity index (χ1) is 42.6. The van der Waals surface area contributed by atoms with E-state index >= 15 is 0 Å². The molecule has 0 spiro atoms. The van der Waals surface area contributed by atoms with Crippen LogP contribution in [-0.4, -0.2) is 97.5 Å². The lowest BCUT2D eigenvalue weighted by Gasteiger charge is -2.37. The number of aromatic nitrogens is 3. The van der Waals surface area contributed by atoms with E-state index < -0.39 is 35.3 Å². The van der Waals surface area contributed by atoms with Crippen LogP contribution in [0.4, 0.5) is 21.5 Å². The van der Waals surface area contributed by atoms with Gasteiger partial charge < -0.3 is 14.7 Å². The number of piperidine rings is 1. The summed E-state index contributed by atoms with van der Waals surface area (Å²) >= 11 is 5.99. The van der Waals surface area contributed by atoms with Crippen LogP contribution >= 0.6 is 11.6 Å². The van der Waals surface area contributed by atoms with E-state index in [9.17, 15) is 29.6 Å². The Labute approximate surface area is 519 Å². The molecule has 0 aliphatic carbocycles. The number of anilines is 3. The van der Waals surface area contributed by atoms with Crippen LogP contribution < -0.4 is 14.7 Å². The molecule has 7 aromatic carbocycles. The Morgan fingerprint density at radius 2 is 0.932 bits per heavy atom. The van der Waals surface area contributed by atoms with Crippen molar-refractivity contribution in [1.82, 2.24) is 19.9 Å². The fraction of sp³-hybridized carbons (Fsp3) is 0.246. The van der Waals surface area contributed by atoms with Gasteiger partial charge >= 0.3 is 0 Å². The Kier molecular flexibility index (Phi) is 18.8. The number of hydrogen-bond donors (Lipinski definition) is 0. The first kappa shape index (κ1) is 61.3. The minimum absolute atomic E-state index is 0.0285. The van der Waals surface area contributed by atoms with Crippen LogP contribution in [-0.2, 0) is 36.1 Å². The van der Waals surface area contributed by atoms with Gasteiger partial charge in [0.25, 0.3) is 0 Å². The Balaban J connectivity index is 0.000000137. The van der Waals surface area contributed by atoms with Crippen molar-refractivity contribution in [3.63, 3.8) is 0 Å². The molecule has 3 saturated heterocycles. The molecular formula is C69H66ClFN8O6S3. The number of hydrogen-bond acceptors (Lipinski definition) is 14. The minimum atomic E-state index is -3.95. The number of para-hydroxylation sites is 2. The molecule has 3 aliphatic heterocycles. The molecule has 3 aromatic heterocycles. The van der Waals surface area contributed by atoms with E-state index in [4.69, 9.17) is 16.9 Å². The van der Waals surface area contributed by atoms with E-state index in [1.807, 2.05) is 71.6 Å². The smallest absolute Gasteiger partial charge is 0.210 e. The molecule has 0 saturated carbocycles. The average molecular weight is 1250 g/mol. The van der Waals surface area contributed by atoms with E-state index in [1.54, 1.807) is 66.7 Å². The second-order valence-electron chi connectivity index (χ2n) is 22.3. The highest BCUT2D eigenvalue weighted by Gasteiger charge is 2.32. The molecule has 6 heterocycles. The van der Waals surface area contributed by atoms with E-state index in [0.717, 1.165) is 105 Å². The first-order valence-electron chi connectivity index (χ1n) is 29.5. The van der Waals surface area contributed by atoms with E-state index in [0.29, 0.717) is 50.4 Å². The topological polar surface area (TPSA) is 178 Å². The lowest BCUT2D eigenvalue weighted by atomic mass is 9.98. The lowest BCUT2D eigenvalue weighted by molar-refractivity contribution is 0.249. The third-order valence-electron chi connectivity index (χ3n) is 16.5. The van der Waals surface area contributed by atoms with Crippen LogP contribution in [0.3, 0.4) is 0 Å². The maximum Gasteiger partial charge on any atom is 0.210 e. The average Bonchev–Trinajstić information content (AvgIpc) is 1.04. The van der Waals surface area contributed by atoms with Crippen molar-refractivity contribution in [2.75, 3.05) is 67.1 Å². The van der Waals surface area contributed by atoms with Crippen molar-refractivity contribution in [1.29, 1.82) is 5.26 Å². The van der Waals surface area contributed by atoms with Gasteiger partial charge in [-0.15, -0.1) is 0 Å². The highest BCUT2D eigenvalue weighted by molar-refractivity contribution is 7.92. The summed E-state index contributed by atoms with van der Waals surface area (Å²) in [5, 5.41) is 11.9. The molecule has 450 valence electrons. The summed E-state index contributed by atoms with van der Waals surface area (Å²) in [4.78, 5) is 23.2. The van der Waals surface area contributed by atoms with Gasteiger partial charge in [0.1, 0.15) is 20.5 Å². The summed E-state index contributed by atoms with van der Waals surface area (Å²) in [6.07, 6.45) is 10.8. The summed E-state index contributed by atoms with van der Waals surface area (Å²) in [5.41, 5.74) is 5.74. The number of pyridine rings is 3. The first-order valence-corrected chi connectivity index (χ1v) is 34.3. The zero-order chi connectivity index (χ0) is 61.4. The molecule has 0 unspecified atom stereocenters. The highest BCUT2D eigenvalue weighted by Crippen LogP contribution is 2.41. The number of rotatable bonds is 11. The van der Waals surface area contributed by atoms with Crippen molar-refractivity contribution in [2.45, 2.75) is 81.4 Å². The summed E-state index contributed by atoms with van der Waals surface area (Å²) in [7, 11) is -11.3. The van der Waals surface area contributed by atoms with Crippen LogP contribution in [0.25, 0.3) is 32.7 Å². The fourth-order valence-corrected chi connectivity index (χ4v) is 16.2. The van der Waals surface area contributed by atoms with Gasteiger partial charge in [0.05, 0.1) is 59.9 Å². The number of nitrogens with zero attached hydrogens (tertiary/aromatic N) is 8. The molecule has 19 heteroatoms. The van der Waals surface area contributed by atoms with Crippen molar-refractivity contribution in [2.24, 2.45) is 5.92 Å². The molecule has 0 atom stereocenters. The Bertz CT molecular complexity index is 4520. The minimum Gasteiger partial charge on any atom is -0.370 e. The van der Waals surface area contributed by atoms with Crippen molar-refractivity contribution in [3.8, 4) is 6.07 Å². The number of nitriles is 1. The molecule has 3 fully saturated rings. The zero-order valence-electron chi connectivity index (χ0n) is 48.7. The summed E-state index contributed by atoms with van der Waals surface area (Å²) < 4.78 is 95.0. The predicted octanol–water partition coefficient (Wildman–Crippen LogP) is 13.8. The molecule has 88 heavy (non-hydrogen) atoms. The molecule has 14 nitrogen and oxygen atoms in total. The molecule has 10 aromatic rings. The normalized spacial score (nSPS) is 15.4. The largest absolute Gasteiger partial charge is 0.370 e. The molecule has 0 bridgehead atoms. The predicted molar refractivity (Wildman–Crippen MR) is 346 cm³/mol. The van der Waals surface area contributed by atoms with E-state index in [1.165, 1.54) is 61.3 Å². The van der Waals surface area contributed by atoms with Crippen LogP contribution in [0.5, 0.6) is 0 Å². The van der Waals surface area contributed by atoms with E-state index in [-0.39, 0.29) is 25.1 Å². The standard InChI is InChI=1S/C26H24ClN3O2S.C22H20FN3O2S.C21H22N2O2S/c27-21-10-12-22(13-11-21)33(31,32)25-18-28-24-9-5-4-8-23(24)26(25)30-16-14-29(15-17-30)19-20-6-2-1-3-7-20;1-15-7-9-26(10-8-15)22-19-12-17(23)5-6-20(19)25-14-21(22)29(27,28)18-4-2-3-16(11-18)13-24;24-26(25,17-10-4-3-5-11-17)20-16-22-19-13-7-6-12-18(19)21(20)23-14-8-1-2-9-15-23/h1-13,18H,14-17,19H2;2-6,11-12,14-15H,7-10H2,1H3;3-7,10-13,16H,1-2,8-9,14-15H2. The highest BCUT2D eigenvalue weighted by atomic mass is 35.5. The third kappa shape index (κ3) is 13.4. The quantitative estimate of drug-likeness (QED) is 0.119. The second-order valence-corrected chi connectivity index (χ2v) is 28.5. The van der Waals surface area contributed by atoms with Gasteiger partial charge in [-0.25, -0.2) is 29.6 Å². The summed E-state index contributed by atoms with van der Waals surface area (Å²) in [5.74, 6) is 0.121. The number of piperazine rings is 1. The van der Waals surface area contributed by atoms with Gasteiger partial charge in [0, 0.05) is 98.7 Å². The van der Waals surface area contributed by atoms with Crippen LogP contribution in [0, 0.1) is 23.1 Å². The van der Waals surface area contributed by atoms with Gasteiger partial charge in [-0.3, -0.25) is 19.9 Å². The second kappa shape index (κ2) is 27.0. The Morgan fingerprint density at radius 1 is 0.477 bits per heavy atom. The maximum atomic E-state index is 14.1. The van der Waals surface area contributed by atoms with Gasteiger partial charge in [0.2, 0.25) is 29.5 Å². The molecule has 13 rings (SSSR count). The number of benzene rings is 7. The summed E-state index contributed by atoms with van der Waals surface area (Å²) in [6.45, 7) is 9.39. The van der Waals surface area contributed by atoms with Crippen LogP contribution in [0.15, 0.2) is 224 Å². The molecule has 0 N–H and O–H groups in total. The maximum absolute atomic E-state index is 14.1. The van der Waals surface area contributed by atoms with Gasteiger partial charge in [0.15, 0.2) is 0 Å². The number of halogens is 2.